The SMILES string of the molecule is O=C(Nc1cccc(Cl)c1F)c1cc2cc(Cl)ccc2o1. The lowest BCUT2D eigenvalue weighted by Gasteiger charge is -2.05. The fourth-order valence-corrected chi connectivity index (χ4v) is 2.27. The molecule has 1 aromatic heterocycles. The molecule has 3 nitrogen and oxygen atoms in total. The molecule has 0 saturated carbocycles. The van der Waals surface area contributed by atoms with Crippen molar-refractivity contribution in [3.8, 4) is 0 Å². The molecule has 0 aliphatic carbocycles. The zero-order chi connectivity index (χ0) is 15.0. The maximum absolute atomic E-state index is 13.7. The standard InChI is InChI=1S/C15H8Cl2FNO2/c16-9-4-5-12-8(6-9)7-13(21-12)15(20)19-11-3-1-2-10(17)14(11)18/h1-7H,(H,19,20). The predicted octanol–water partition coefficient (Wildman–Crippen LogP) is 5.13. The van der Waals surface area contributed by atoms with Gasteiger partial charge in [-0.15, -0.1) is 0 Å². The molecule has 1 heterocycles. The normalized spacial score (nSPS) is 10.8. The Morgan fingerprint density at radius 1 is 1.14 bits per heavy atom. The van der Waals surface area contributed by atoms with Crippen LogP contribution in [0.1, 0.15) is 10.6 Å². The Bertz CT molecular complexity index is 845. The minimum Gasteiger partial charge on any atom is -0.451 e. The molecule has 0 unspecified atom stereocenters. The van der Waals surface area contributed by atoms with Crippen molar-refractivity contribution < 1.29 is 13.6 Å². The zero-order valence-corrected chi connectivity index (χ0v) is 12.0. The van der Waals surface area contributed by atoms with Gasteiger partial charge in [-0.05, 0) is 36.4 Å². The summed E-state index contributed by atoms with van der Waals surface area (Å²) in [4.78, 5) is 12.1. The first-order valence-electron chi connectivity index (χ1n) is 5.99. The predicted molar refractivity (Wildman–Crippen MR) is 80.6 cm³/mol. The van der Waals surface area contributed by atoms with E-state index < -0.39 is 11.7 Å². The molecule has 0 radical (unpaired) electrons. The molecule has 3 rings (SSSR count). The molecule has 0 saturated heterocycles. The van der Waals surface area contributed by atoms with Crippen LogP contribution in [0.3, 0.4) is 0 Å². The summed E-state index contributed by atoms with van der Waals surface area (Å²) in [5.74, 6) is -1.19. The topological polar surface area (TPSA) is 42.2 Å². The van der Waals surface area contributed by atoms with Gasteiger partial charge in [-0.25, -0.2) is 4.39 Å². The van der Waals surface area contributed by atoms with Crippen molar-refractivity contribution in [1.29, 1.82) is 0 Å². The third-order valence-corrected chi connectivity index (χ3v) is 3.43. The van der Waals surface area contributed by atoms with E-state index in [4.69, 9.17) is 27.6 Å². The van der Waals surface area contributed by atoms with Crippen LogP contribution >= 0.6 is 23.2 Å². The van der Waals surface area contributed by atoms with Gasteiger partial charge in [0, 0.05) is 10.4 Å². The van der Waals surface area contributed by atoms with E-state index >= 15 is 0 Å². The second-order valence-electron chi connectivity index (χ2n) is 4.35. The Balaban J connectivity index is 1.91. The number of hydrogen-bond acceptors (Lipinski definition) is 2. The third kappa shape index (κ3) is 2.73. The van der Waals surface area contributed by atoms with Crippen LogP contribution in [0.15, 0.2) is 46.9 Å². The quantitative estimate of drug-likeness (QED) is 0.710. The molecule has 2 aromatic carbocycles. The zero-order valence-electron chi connectivity index (χ0n) is 10.5. The van der Waals surface area contributed by atoms with E-state index in [2.05, 4.69) is 5.32 Å². The summed E-state index contributed by atoms with van der Waals surface area (Å²) in [6.07, 6.45) is 0. The number of hydrogen-bond donors (Lipinski definition) is 1. The number of benzene rings is 2. The molecule has 6 heteroatoms. The highest BCUT2D eigenvalue weighted by Gasteiger charge is 2.15. The first kappa shape index (κ1) is 13.9. The number of carbonyl (C=O) groups excluding carboxylic acids is 1. The molecular weight excluding hydrogens is 316 g/mol. The fourth-order valence-electron chi connectivity index (χ4n) is 1.91. The molecule has 3 aromatic rings. The van der Waals surface area contributed by atoms with Crippen molar-refractivity contribution in [3.05, 3.63) is 64.1 Å². The van der Waals surface area contributed by atoms with E-state index in [1.165, 1.54) is 12.1 Å². The van der Waals surface area contributed by atoms with Crippen LogP contribution in [-0.4, -0.2) is 5.91 Å². The van der Waals surface area contributed by atoms with Gasteiger partial charge in [-0.1, -0.05) is 29.3 Å². The third-order valence-electron chi connectivity index (χ3n) is 2.90. The fraction of sp³-hybridized carbons (Fsp3) is 0. The van der Waals surface area contributed by atoms with Gasteiger partial charge in [0.05, 0.1) is 10.7 Å². The lowest BCUT2D eigenvalue weighted by atomic mass is 10.2. The van der Waals surface area contributed by atoms with Crippen LogP contribution in [0, 0.1) is 5.82 Å². The highest BCUT2D eigenvalue weighted by Crippen LogP contribution is 2.25. The number of anilines is 1. The maximum Gasteiger partial charge on any atom is 0.291 e. The molecular formula is C15H8Cl2FNO2. The first-order valence-corrected chi connectivity index (χ1v) is 6.74. The van der Waals surface area contributed by atoms with E-state index in [1.807, 2.05) is 0 Å². The Labute approximate surface area is 129 Å². The van der Waals surface area contributed by atoms with Crippen molar-refractivity contribution in [1.82, 2.24) is 0 Å². The molecule has 0 atom stereocenters. The van der Waals surface area contributed by atoms with Gasteiger partial charge < -0.3 is 9.73 Å². The molecule has 1 N–H and O–H groups in total. The Morgan fingerprint density at radius 2 is 1.95 bits per heavy atom. The first-order chi connectivity index (χ1) is 10.0. The number of halogens is 3. The van der Waals surface area contributed by atoms with E-state index in [0.717, 1.165) is 0 Å². The highest BCUT2D eigenvalue weighted by atomic mass is 35.5. The highest BCUT2D eigenvalue weighted by molar-refractivity contribution is 6.31. The molecule has 1 amide bonds. The smallest absolute Gasteiger partial charge is 0.291 e. The van der Waals surface area contributed by atoms with Gasteiger partial charge in [0.25, 0.3) is 5.91 Å². The number of furan rings is 1. The van der Waals surface area contributed by atoms with Crippen molar-refractivity contribution in [2.75, 3.05) is 5.32 Å². The lowest BCUT2D eigenvalue weighted by Crippen LogP contribution is -2.12. The summed E-state index contributed by atoms with van der Waals surface area (Å²) < 4.78 is 19.1. The Hall–Kier alpha value is -2.04. The van der Waals surface area contributed by atoms with E-state index in [1.54, 1.807) is 30.3 Å². The monoisotopic (exact) mass is 323 g/mol. The molecule has 0 fully saturated rings. The summed E-state index contributed by atoms with van der Waals surface area (Å²) in [5, 5.41) is 3.58. The summed E-state index contributed by atoms with van der Waals surface area (Å²) in [5.41, 5.74) is 0.516. The van der Waals surface area contributed by atoms with Crippen molar-refractivity contribution >= 4 is 45.8 Å². The molecule has 0 bridgehead atoms. The van der Waals surface area contributed by atoms with Gasteiger partial charge in [-0.2, -0.15) is 0 Å². The lowest BCUT2D eigenvalue weighted by molar-refractivity contribution is 0.0998. The largest absolute Gasteiger partial charge is 0.451 e. The molecule has 0 aliphatic rings. The number of nitrogens with one attached hydrogen (secondary N) is 1. The van der Waals surface area contributed by atoms with Gasteiger partial charge in [-0.3, -0.25) is 4.79 Å². The minimum absolute atomic E-state index is 0.00834. The van der Waals surface area contributed by atoms with Crippen LogP contribution in [-0.2, 0) is 0 Å². The van der Waals surface area contributed by atoms with Crippen molar-refractivity contribution in [3.63, 3.8) is 0 Å². The number of rotatable bonds is 2. The number of amides is 1. The summed E-state index contributed by atoms with van der Waals surface area (Å²) in [6, 6.07) is 10.9. The maximum atomic E-state index is 13.7. The molecule has 0 aliphatic heterocycles. The van der Waals surface area contributed by atoms with Crippen LogP contribution < -0.4 is 5.32 Å². The summed E-state index contributed by atoms with van der Waals surface area (Å²) in [6.45, 7) is 0. The second-order valence-corrected chi connectivity index (χ2v) is 5.19. The molecule has 106 valence electrons. The van der Waals surface area contributed by atoms with Gasteiger partial charge >= 0.3 is 0 Å². The average molecular weight is 324 g/mol. The van der Waals surface area contributed by atoms with Crippen LogP contribution in [0.25, 0.3) is 11.0 Å². The van der Waals surface area contributed by atoms with Crippen molar-refractivity contribution in [2.45, 2.75) is 0 Å². The van der Waals surface area contributed by atoms with Gasteiger partial charge in [0.2, 0.25) is 0 Å². The summed E-state index contributed by atoms with van der Waals surface area (Å²) in [7, 11) is 0. The van der Waals surface area contributed by atoms with Gasteiger partial charge in [0.1, 0.15) is 5.58 Å². The second kappa shape index (κ2) is 5.39. The molecule has 21 heavy (non-hydrogen) atoms. The van der Waals surface area contributed by atoms with E-state index in [0.29, 0.717) is 16.0 Å². The number of carbonyl (C=O) groups is 1. The van der Waals surface area contributed by atoms with Crippen LogP contribution in [0.4, 0.5) is 10.1 Å². The van der Waals surface area contributed by atoms with Crippen LogP contribution in [0.2, 0.25) is 10.0 Å². The average Bonchev–Trinajstić information content (AvgIpc) is 2.87. The summed E-state index contributed by atoms with van der Waals surface area (Å²) >= 11 is 11.5. The van der Waals surface area contributed by atoms with E-state index in [-0.39, 0.29) is 16.5 Å². The molecule has 0 spiro atoms. The Morgan fingerprint density at radius 3 is 2.76 bits per heavy atom. The van der Waals surface area contributed by atoms with Gasteiger partial charge in [0.15, 0.2) is 11.6 Å². The van der Waals surface area contributed by atoms with Crippen LogP contribution in [0.5, 0.6) is 0 Å². The Kier molecular flexibility index (Phi) is 3.57. The minimum atomic E-state index is -0.688. The van der Waals surface area contributed by atoms with Crippen molar-refractivity contribution in [2.24, 2.45) is 0 Å². The van der Waals surface area contributed by atoms with E-state index in [9.17, 15) is 9.18 Å². The number of fused-ring (bicyclic) bond motifs is 1.